The number of aryl methyl sites for hydroxylation is 1. The van der Waals surface area contributed by atoms with Crippen LogP contribution in [0.1, 0.15) is 25.8 Å². The number of aromatic nitrogens is 1. The number of pyridine rings is 1. The average Bonchev–Trinajstić information content (AvgIpc) is 2.51. The Kier molecular flexibility index (Phi) is 2.65. The molecule has 1 aromatic rings. The van der Waals surface area contributed by atoms with Crippen molar-refractivity contribution in [2.24, 2.45) is 0 Å². The van der Waals surface area contributed by atoms with Crippen molar-refractivity contribution in [3.8, 4) is 0 Å². The Morgan fingerprint density at radius 1 is 1.53 bits per heavy atom. The summed E-state index contributed by atoms with van der Waals surface area (Å²) in [6, 6.07) is 4.09. The van der Waals surface area contributed by atoms with Gasteiger partial charge >= 0.3 is 0 Å². The van der Waals surface area contributed by atoms with E-state index in [1.165, 1.54) is 5.56 Å². The van der Waals surface area contributed by atoms with Gasteiger partial charge in [0.1, 0.15) is 5.82 Å². The van der Waals surface area contributed by atoms with E-state index in [-0.39, 0.29) is 11.6 Å². The molecule has 0 bridgehead atoms. The molecule has 1 aliphatic rings. The van der Waals surface area contributed by atoms with Gasteiger partial charge in [-0.25, -0.2) is 4.98 Å². The van der Waals surface area contributed by atoms with Crippen molar-refractivity contribution in [3.63, 3.8) is 0 Å². The van der Waals surface area contributed by atoms with Crippen LogP contribution < -0.4 is 5.32 Å². The van der Waals surface area contributed by atoms with Crippen molar-refractivity contribution in [3.05, 3.63) is 23.9 Å². The summed E-state index contributed by atoms with van der Waals surface area (Å²) in [5.41, 5.74) is 1.20. The fourth-order valence-electron chi connectivity index (χ4n) is 1.83. The number of nitrogens with zero attached hydrogens (tertiary/aromatic N) is 1. The fraction of sp³-hybridized carbons (Fsp3) is 0.583. The third kappa shape index (κ3) is 2.12. The molecule has 1 fully saturated rings. The molecule has 2 unspecified atom stereocenters. The fourth-order valence-corrected chi connectivity index (χ4v) is 1.83. The van der Waals surface area contributed by atoms with Crippen molar-refractivity contribution in [1.82, 2.24) is 4.98 Å². The lowest BCUT2D eigenvalue weighted by Crippen LogP contribution is -2.41. The quantitative estimate of drug-likeness (QED) is 0.806. The molecule has 0 spiro atoms. The van der Waals surface area contributed by atoms with Crippen LogP contribution in [0.5, 0.6) is 0 Å². The highest BCUT2D eigenvalue weighted by molar-refractivity contribution is 5.39. The van der Waals surface area contributed by atoms with Crippen molar-refractivity contribution >= 4 is 5.82 Å². The molecule has 2 atom stereocenters. The highest BCUT2D eigenvalue weighted by Crippen LogP contribution is 2.28. The van der Waals surface area contributed by atoms with E-state index in [2.05, 4.69) is 30.2 Å². The normalized spacial score (nSPS) is 30.5. The zero-order chi connectivity index (χ0) is 10.9. The second kappa shape index (κ2) is 3.81. The van der Waals surface area contributed by atoms with Crippen molar-refractivity contribution < 1.29 is 4.74 Å². The third-order valence-corrected chi connectivity index (χ3v) is 3.21. The predicted octanol–water partition coefficient (Wildman–Crippen LogP) is 2.37. The van der Waals surface area contributed by atoms with Crippen LogP contribution in [-0.4, -0.2) is 23.2 Å². The van der Waals surface area contributed by atoms with Gasteiger partial charge in [0.15, 0.2) is 0 Å². The van der Waals surface area contributed by atoms with Crippen LogP contribution in [0.15, 0.2) is 18.3 Å². The molecular formula is C12H18N2O. The Morgan fingerprint density at radius 2 is 2.33 bits per heavy atom. The first kappa shape index (κ1) is 10.4. The molecule has 1 saturated heterocycles. The standard InChI is InChI=1S/C12H18N2O/c1-9-4-5-11(13-8-9)14-12(3)6-7-15-10(12)2/h4-5,8,10H,6-7H2,1-3H3,(H,13,14). The van der Waals surface area contributed by atoms with Crippen LogP contribution in [0.4, 0.5) is 5.82 Å². The molecular weight excluding hydrogens is 188 g/mol. The minimum Gasteiger partial charge on any atom is -0.376 e. The number of nitrogens with one attached hydrogen (secondary N) is 1. The van der Waals surface area contributed by atoms with E-state index < -0.39 is 0 Å². The Bertz CT molecular complexity index is 336. The molecule has 0 amide bonds. The number of hydrogen-bond donors (Lipinski definition) is 1. The summed E-state index contributed by atoms with van der Waals surface area (Å²) in [6.07, 6.45) is 3.15. The zero-order valence-corrected chi connectivity index (χ0v) is 9.58. The van der Waals surface area contributed by atoms with Crippen molar-refractivity contribution in [1.29, 1.82) is 0 Å². The number of rotatable bonds is 2. The predicted molar refractivity (Wildman–Crippen MR) is 61.0 cm³/mol. The molecule has 0 aliphatic carbocycles. The SMILES string of the molecule is Cc1ccc(NC2(C)CCOC2C)nc1. The summed E-state index contributed by atoms with van der Waals surface area (Å²) in [7, 11) is 0. The molecule has 15 heavy (non-hydrogen) atoms. The van der Waals surface area contributed by atoms with Crippen molar-refractivity contribution in [2.45, 2.75) is 38.8 Å². The second-order valence-electron chi connectivity index (χ2n) is 4.53. The van der Waals surface area contributed by atoms with E-state index in [1.807, 2.05) is 19.2 Å². The monoisotopic (exact) mass is 206 g/mol. The molecule has 1 N–H and O–H groups in total. The Labute approximate surface area is 90.9 Å². The van der Waals surface area contributed by atoms with Crippen LogP contribution in [0.2, 0.25) is 0 Å². The first-order chi connectivity index (χ1) is 7.10. The molecule has 3 nitrogen and oxygen atoms in total. The summed E-state index contributed by atoms with van der Waals surface area (Å²) in [5.74, 6) is 0.931. The summed E-state index contributed by atoms with van der Waals surface area (Å²) in [4.78, 5) is 4.35. The summed E-state index contributed by atoms with van der Waals surface area (Å²) in [6.45, 7) is 7.16. The van der Waals surface area contributed by atoms with Gasteiger partial charge in [-0.2, -0.15) is 0 Å². The molecule has 82 valence electrons. The maximum Gasteiger partial charge on any atom is 0.126 e. The van der Waals surface area contributed by atoms with Gasteiger partial charge in [0, 0.05) is 12.8 Å². The Morgan fingerprint density at radius 3 is 2.87 bits per heavy atom. The minimum absolute atomic E-state index is 0.0161. The molecule has 2 rings (SSSR count). The van der Waals surface area contributed by atoms with Crippen molar-refractivity contribution in [2.75, 3.05) is 11.9 Å². The maximum absolute atomic E-state index is 5.57. The molecule has 1 aromatic heterocycles. The lowest BCUT2D eigenvalue weighted by Gasteiger charge is -2.29. The van der Waals surface area contributed by atoms with Gasteiger partial charge in [-0.3, -0.25) is 0 Å². The molecule has 0 aromatic carbocycles. The van der Waals surface area contributed by atoms with Crippen LogP contribution in [0.25, 0.3) is 0 Å². The van der Waals surface area contributed by atoms with E-state index in [1.54, 1.807) is 0 Å². The number of hydrogen-bond acceptors (Lipinski definition) is 3. The lowest BCUT2D eigenvalue weighted by atomic mass is 9.95. The van der Waals surface area contributed by atoms with Gasteiger partial charge in [-0.05, 0) is 38.8 Å². The first-order valence-electron chi connectivity index (χ1n) is 5.43. The average molecular weight is 206 g/mol. The van der Waals surface area contributed by atoms with E-state index in [4.69, 9.17) is 4.74 Å². The zero-order valence-electron chi connectivity index (χ0n) is 9.58. The van der Waals surface area contributed by atoms with Crippen LogP contribution in [0, 0.1) is 6.92 Å². The second-order valence-corrected chi connectivity index (χ2v) is 4.53. The van der Waals surface area contributed by atoms with Gasteiger partial charge in [-0.1, -0.05) is 6.07 Å². The van der Waals surface area contributed by atoms with Gasteiger partial charge in [0.05, 0.1) is 11.6 Å². The Balaban J connectivity index is 2.11. The van der Waals surface area contributed by atoms with Crippen LogP contribution in [-0.2, 0) is 4.74 Å². The summed E-state index contributed by atoms with van der Waals surface area (Å²) in [5, 5.41) is 3.46. The Hall–Kier alpha value is -1.09. The molecule has 1 aliphatic heterocycles. The summed E-state index contributed by atoms with van der Waals surface area (Å²) >= 11 is 0. The smallest absolute Gasteiger partial charge is 0.126 e. The highest BCUT2D eigenvalue weighted by Gasteiger charge is 2.37. The van der Waals surface area contributed by atoms with Crippen LogP contribution >= 0.6 is 0 Å². The molecule has 0 radical (unpaired) electrons. The first-order valence-corrected chi connectivity index (χ1v) is 5.43. The van der Waals surface area contributed by atoms with E-state index in [0.717, 1.165) is 18.8 Å². The van der Waals surface area contributed by atoms with Gasteiger partial charge in [0.25, 0.3) is 0 Å². The van der Waals surface area contributed by atoms with Gasteiger partial charge < -0.3 is 10.1 Å². The maximum atomic E-state index is 5.57. The molecule has 0 saturated carbocycles. The summed E-state index contributed by atoms with van der Waals surface area (Å²) < 4.78 is 5.57. The molecule has 2 heterocycles. The highest BCUT2D eigenvalue weighted by atomic mass is 16.5. The number of anilines is 1. The third-order valence-electron chi connectivity index (χ3n) is 3.21. The van der Waals surface area contributed by atoms with E-state index >= 15 is 0 Å². The van der Waals surface area contributed by atoms with Gasteiger partial charge in [0.2, 0.25) is 0 Å². The topological polar surface area (TPSA) is 34.1 Å². The largest absolute Gasteiger partial charge is 0.376 e. The lowest BCUT2D eigenvalue weighted by molar-refractivity contribution is 0.105. The van der Waals surface area contributed by atoms with E-state index in [0.29, 0.717) is 0 Å². The molecule has 3 heteroatoms. The van der Waals surface area contributed by atoms with Crippen LogP contribution in [0.3, 0.4) is 0 Å². The van der Waals surface area contributed by atoms with Gasteiger partial charge in [-0.15, -0.1) is 0 Å². The van der Waals surface area contributed by atoms with E-state index in [9.17, 15) is 0 Å². The minimum atomic E-state index is 0.0161. The number of ether oxygens (including phenoxy) is 1.